The number of likely N-dealkylation sites (N-methyl/N-ethyl adjacent to an activating group) is 1. The van der Waals surface area contributed by atoms with E-state index in [9.17, 15) is 19.5 Å². The minimum Gasteiger partial charge on any atom is -0.544 e. The third-order valence-electron chi connectivity index (χ3n) is 9.39. The Hall–Kier alpha value is -2.97. The number of carboxylic acid groups (broad SMARTS) is 1. The van der Waals surface area contributed by atoms with Gasteiger partial charge < -0.3 is 28.6 Å². The maximum atomic E-state index is 12.6. The van der Waals surface area contributed by atoms with E-state index < -0.39 is 18.1 Å². The summed E-state index contributed by atoms with van der Waals surface area (Å²) in [5.41, 5.74) is 0. The summed E-state index contributed by atoms with van der Waals surface area (Å²) in [4.78, 5) is 36.7. The monoisotopic (exact) mass is 772 g/mol. The Morgan fingerprint density at radius 2 is 1.04 bits per heavy atom. The number of nitrogens with zero attached hydrogens (tertiary/aromatic N) is 1. The lowest BCUT2D eigenvalue weighted by Gasteiger charge is -2.34. The fourth-order valence-electron chi connectivity index (χ4n) is 6.01. The van der Waals surface area contributed by atoms with E-state index in [-0.39, 0.29) is 49.1 Å². The maximum absolute atomic E-state index is 12.6. The molecule has 0 radical (unpaired) electrons. The lowest BCUT2D eigenvalue weighted by Crippen LogP contribution is -2.55. The second-order valence-corrected chi connectivity index (χ2v) is 15.5. The second kappa shape index (κ2) is 37.9. The summed E-state index contributed by atoms with van der Waals surface area (Å²) in [6.07, 6.45) is 45.5. The third kappa shape index (κ3) is 36.4. The van der Waals surface area contributed by atoms with Gasteiger partial charge in [0.15, 0.2) is 6.10 Å². The lowest BCUT2D eigenvalue weighted by atomic mass is 10.1. The zero-order chi connectivity index (χ0) is 40.7. The number of carboxylic acids is 1. The van der Waals surface area contributed by atoms with Crippen LogP contribution in [0.5, 0.6) is 0 Å². The molecule has 2 atom stereocenters. The molecule has 0 amide bonds. The van der Waals surface area contributed by atoms with E-state index in [1.54, 1.807) is 21.1 Å². The lowest BCUT2D eigenvalue weighted by molar-refractivity contribution is -0.889. The van der Waals surface area contributed by atoms with Gasteiger partial charge >= 0.3 is 11.9 Å². The first-order valence-corrected chi connectivity index (χ1v) is 21.8. The van der Waals surface area contributed by atoms with Gasteiger partial charge in [0.2, 0.25) is 0 Å². The largest absolute Gasteiger partial charge is 0.544 e. The van der Waals surface area contributed by atoms with Crippen molar-refractivity contribution in [3.63, 3.8) is 0 Å². The number of rotatable bonds is 38. The summed E-state index contributed by atoms with van der Waals surface area (Å²) in [5.74, 6) is -1.79. The number of carbonyl (C=O) groups is 3. The average molecular weight is 772 g/mol. The van der Waals surface area contributed by atoms with Crippen molar-refractivity contribution in [3.8, 4) is 0 Å². The highest BCUT2D eigenvalue weighted by atomic mass is 16.6. The maximum Gasteiger partial charge on any atom is 0.306 e. The van der Waals surface area contributed by atoms with Crippen molar-refractivity contribution in [1.82, 2.24) is 0 Å². The van der Waals surface area contributed by atoms with E-state index in [0.29, 0.717) is 12.8 Å². The summed E-state index contributed by atoms with van der Waals surface area (Å²) in [5, 5.41) is 11.6. The molecule has 0 bridgehead atoms. The predicted octanol–water partition coefficient (Wildman–Crippen LogP) is 10.5. The van der Waals surface area contributed by atoms with Crippen molar-refractivity contribution in [3.05, 3.63) is 60.8 Å². The number of unbranched alkanes of at least 4 members (excludes halogenated alkanes) is 14. The van der Waals surface area contributed by atoms with Gasteiger partial charge in [-0.25, -0.2) is 0 Å². The number of carbonyl (C=O) groups excluding carboxylic acids is 3. The van der Waals surface area contributed by atoms with Crippen LogP contribution in [0, 0.1) is 0 Å². The van der Waals surface area contributed by atoms with Gasteiger partial charge in [0.25, 0.3) is 0 Å². The van der Waals surface area contributed by atoms with Crippen molar-refractivity contribution >= 4 is 17.9 Å². The van der Waals surface area contributed by atoms with Gasteiger partial charge in [0.05, 0.1) is 40.3 Å². The summed E-state index contributed by atoms with van der Waals surface area (Å²) < 4.78 is 17.1. The van der Waals surface area contributed by atoms with Gasteiger partial charge in [-0.15, -0.1) is 0 Å². The van der Waals surface area contributed by atoms with Crippen LogP contribution in [-0.2, 0) is 28.6 Å². The summed E-state index contributed by atoms with van der Waals surface area (Å²) in [7, 11) is 5.38. The predicted molar refractivity (Wildman–Crippen MR) is 226 cm³/mol. The molecule has 2 unspecified atom stereocenters. The molecule has 55 heavy (non-hydrogen) atoms. The molecule has 0 rings (SSSR count). The number of aliphatic carboxylic acids is 1. The molecule has 0 aliphatic heterocycles. The number of hydrogen-bond donors (Lipinski definition) is 0. The topological polar surface area (TPSA) is 102 Å². The molecule has 8 nitrogen and oxygen atoms in total. The standard InChI is InChI=1S/C47H81NO7/c1-6-8-10-12-14-16-17-18-19-20-21-22-23-24-25-26-27-28-30-31-33-35-37-45(49)54-42-43(41-53-40-39-44(47(51)52)48(3,4)5)55-46(50)38-36-34-32-29-15-13-11-9-7-2/h8,10,14,16,18-19,21-22,29,32,43-44H,6-7,9,11-13,15,17,20,23-28,30-31,33-42H2,1-5H3/b10-8+,16-14+,19-18+,22-21+,32-29+. The zero-order valence-corrected chi connectivity index (χ0v) is 35.8. The summed E-state index contributed by atoms with van der Waals surface area (Å²) in [6, 6.07) is -0.731. The molecule has 0 fully saturated rings. The Labute approximate surface area is 337 Å². The van der Waals surface area contributed by atoms with E-state index in [4.69, 9.17) is 14.2 Å². The van der Waals surface area contributed by atoms with Crippen LogP contribution < -0.4 is 5.11 Å². The van der Waals surface area contributed by atoms with E-state index in [2.05, 4.69) is 74.6 Å². The van der Waals surface area contributed by atoms with E-state index >= 15 is 0 Å². The van der Waals surface area contributed by atoms with Gasteiger partial charge in [-0.05, 0) is 70.6 Å². The van der Waals surface area contributed by atoms with Crippen LogP contribution in [-0.4, -0.2) is 75.5 Å². The van der Waals surface area contributed by atoms with Crippen LogP contribution in [0.3, 0.4) is 0 Å². The Balaban J connectivity index is 4.24. The SMILES string of the molecule is CC/C=C/C/C=C/C/C=C/C/C=C/CCCCCCCCCCCC(=O)OCC(COCCC(C(=O)[O-])[N+](C)(C)C)OC(=O)CCC/C=C/CCCCCC. The molecule has 0 N–H and O–H groups in total. The van der Waals surface area contributed by atoms with Crippen molar-refractivity contribution in [2.24, 2.45) is 0 Å². The van der Waals surface area contributed by atoms with Crippen LogP contribution >= 0.6 is 0 Å². The van der Waals surface area contributed by atoms with Gasteiger partial charge in [-0.2, -0.15) is 0 Å². The molecule has 0 aromatic rings. The molecule has 8 heteroatoms. The van der Waals surface area contributed by atoms with Crippen LogP contribution in [0.1, 0.15) is 168 Å². The highest BCUT2D eigenvalue weighted by Crippen LogP contribution is 2.13. The van der Waals surface area contributed by atoms with E-state index in [1.165, 1.54) is 64.2 Å². The Morgan fingerprint density at radius 3 is 1.58 bits per heavy atom. The normalized spacial score (nSPS) is 13.5. The van der Waals surface area contributed by atoms with Crippen molar-refractivity contribution in [1.29, 1.82) is 0 Å². The van der Waals surface area contributed by atoms with Gasteiger partial charge in [0.1, 0.15) is 12.6 Å². The molecule has 316 valence electrons. The Bertz CT molecular complexity index is 1090. The molecule has 0 saturated heterocycles. The molecule has 0 saturated carbocycles. The van der Waals surface area contributed by atoms with E-state index in [0.717, 1.165) is 64.2 Å². The molecule has 0 heterocycles. The van der Waals surface area contributed by atoms with Gasteiger partial charge in [-0.1, -0.05) is 139 Å². The molecule has 0 aliphatic carbocycles. The zero-order valence-electron chi connectivity index (χ0n) is 35.8. The minimum atomic E-state index is -1.13. The molecule has 0 aromatic heterocycles. The molecular formula is C47H81NO7. The minimum absolute atomic E-state index is 0.0258. The number of hydrogen-bond acceptors (Lipinski definition) is 7. The van der Waals surface area contributed by atoms with Gasteiger partial charge in [-0.3, -0.25) is 9.59 Å². The Kier molecular flexibility index (Phi) is 35.9. The smallest absolute Gasteiger partial charge is 0.306 e. The Morgan fingerprint density at radius 1 is 0.564 bits per heavy atom. The van der Waals surface area contributed by atoms with Crippen LogP contribution in [0.4, 0.5) is 0 Å². The first-order valence-electron chi connectivity index (χ1n) is 21.8. The van der Waals surface area contributed by atoms with E-state index in [1.807, 2.05) is 0 Å². The number of quaternary nitrogens is 1. The summed E-state index contributed by atoms with van der Waals surface area (Å²) >= 11 is 0. The molecule has 0 aromatic carbocycles. The number of esters is 2. The molecular weight excluding hydrogens is 691 g/mol. The highest BCUT2D eigenvalue weighted by molar-refractivity contribution is 5.70. The number of ether oxygens (including phenoxy) is 3. The first-order chi connectivity index (χ1) is 26.6. The van der Waals surface area contributed by atoms with Gasteiger partial charge in [0, 0.05) is 19.3 Å². The van der Waals surface area contributed by atoms with Crippen LogP contribution in [0.15, 0.2) is 60.8 Å². The fraction of sp³-hybridized carbons (Fsp3) is 0.723. The van der Waals surface area contributed by atoms with Crippen molar-refractivity contribution < 1.29 is 38.2 Å². The highest BCUT2D eigenvalue weighted by Gasteiger charge is 2.25. The fourth-order valence-corrected chi connectivity index (χ4v) is 6.01. The van der Waals surface area contributed by atoms with Crippen molar-refractivity contribution in [2.45, 2.75) is 180 Å². The van der Waals surface area contributed by atoms with Crippen LogP contribution in [0.25, 0.3) is 0 Å². The summed E-state index contributed by atoms with van der Waals surface area (Å²) in [6.45, 7) is 4.46. The molecule has 0 aliphatic rings. The third-order valence-corrected chi connectivity index (χ3v) is 9.39. The second-order valence-electron chi connectivity index (χ2n) is 15.5. The average Bonchev–Trinajstić information content (AvgIpc) is 3.14. The first kappa shape index (κ1) is 52.0. The van der Waals surface area contributed by atoms with Crippen molar-refractivity contribution in [2.75, 3.05) is 41.0 Å². The van der Waals surface area contributed by atoms with Crippen LogP contribution in [0.2, 0.25) is 0 Å². The number of allylic oxidation sites excluding steroid dienone is 10. The quantitative estimate of drug-likeness (QED) is 0.0266. The molecule has 0 spiro atoms.